The standard InChI is InChI=1S/C16H18N4O2/c1-3-20-10-9-14(18-20)17-15(21)16(2)11-13(19-22-16)12-7-5-4-6-8-12/h4-10H,3,11H2,1-2H3,(H,17,18,21)/t16-/m1/s1. The Labute approximate surface area is 128 Å². The average molecular weight is 298 g/mol. The molecule has 0 unspecified atom stereocenters. The van der Waals surface area contributed by atoms with Gasteiger partial charge in [0.05, 0.1) is 5.71 Å². The molecule has 1 aliphatic rings. The summed E-state index contributed by atoms with van der Waals surface area (Å²) in [4.78, 5) is 17.9. The predicted molar refractivity (Wildman–Crippen MR) is 83.6 cm³/mol. The third kappa shape index (κ3) is 2.72. The van der Waals surface area contributed by atoms with E-state index in [-0.39, 0.29) is 5.91 Å². The molecule has 1 aromatic carbocycles. The van der Waals surface area contributed by atoms with Crippen molar-refractivity contribution < 1.29 is 9.63 Å². The second-order valence-corrected chi connectivity index (χ2v) is 5.41. The summed E-state index contributed by atoms with van der Waals surface area (Å²) >= 11 is 0. The zero-order valence-electron chi connectivity index (χ0n) is 12.6. The Morgan fingerprint density at radius 1 is 1.36 bits per heavy atom. The highest BCUT2D eigenvalue weighted by Gasteiger charge is 2.42. The number of nitrogens with zero attached hydrogens (tertiary/aromatic N) is 3. The molecule has 1 aliphatic heterocycles. The number of hydrogen-bond donors (Lipinski definition) is 1. The number of benzene rings is 1. The Hall–Kier alpha value is -2.63. The van der Waals surface area contributed by atoms with Gasteiger partial charge in [-0.3, -0.25) is 9.48 Å². The van der Waals surface area contributed by atoms with Crippen molar-refractivity contribution in [1.82, 2.24) is 9.78 Å². The number of carbonyl (C=O) groups is 1. The number of carbonyl (C=O) groups excluding carboxylic acids is 1. The Morgan fingerprint density at radius 3 is 2.82 bits per heavy atom. The van der Waals surface area contributed by atoms with Crippen LogP contribution in [-0.4, -0.2) is 27.0 Å². The molecule has 0 saturated heterocycles. The van der Waals surface area contributed by atoms with Crippen molar-refractivity contribution in [3.63, 3.8) is 0 Å². The van der Waals surface area contributed by atoms with Crippen LogP contribution in [0.15, 0.2) is 47.8 Å². The van der Waals surface area contributed by atoms with Crippen LogP contribution in [0.25, 0.3) is 0 Å². The molecule has 1 N–H and O–H groups in total. The van der Waals surface area contributed by atoms with E-state index in [0.29, 0.717) is 12.2 Å². The number of nitrogens with one attached hydrogen (secondary N) is 1. The maximum atomic E-state index is 12.5. The second kappa shape index (κ2) is 5.63. The van der Waals surface area contributed by atoms with E-state index in [9.17, 15) is 4.79 Å². The van der Waals surface area contributed by atoms with Crippen LogP contribution < -0.4 is 5.32 Å². The summed E-state index contributed by atoms with van der Waals surface area (Å²) < 4.78 is 1.75. The van der Waals surface area contributed by atoms with Crippen LogP contribution in [0.4, 0.5) is 5.82 Å². The minimum atomic E-state index is -1.01. The van der Waals surface area contributed by atoms with E-state index < -0.39 is 5.60 Å². The first-order valence-corrected chi connectivity index (χ1v) is 7.26. The van der Waals surface area contributed by atoms with Gasteiger partial charge in [-0.15, -0.1) is 0 Å². The number of aryl methyl sites for hydroxylation is 1. The third-order valence-electron chi connectivity index (χ3n) is 3.66. The number of amides is 1. The molecule has 6 heteroatoms. The van der Waals surface area contributed by atoms with Gasteiger partial charge in [-0.2, -0.15) is 5.10 Å². The first-order chi connectivity index (χ1) is 10.6. The molecule has 6 nitrogen and oxygen atoms in total. The summed E-state index contributed by atoms with van der Waals surface area (Å²) in [6, 6.07) is 11.5. The van der Waals surface area contributed by atoms with E-state index in [1.54, 1.807) is 17.7 Å². The van der Waals surface area contributed by atoms with Crippen LogP contribution in [0.5, 0.6) is 0 Å². The molecular formula is C16H18N4O2. The lowest BCUT2D eigenvalue weighted by molar-refractivity contribution is -0.135. The van der Waals surface area contributed by atoms with Crippen LogP contribution in [-0.2, 0) is 16.2 Å². The fraction of sp³-hybridized carbons (Fsp3) is 0.312. The molecule has 0 radical (unpaired) electrons. The second-order valence-electron chi connectivity index (χ2n) is 5.41. The summed E-state index contributed by atoms with van der Waals surface area (Å²) in [5.74, 6) is 0.272. The van der Waals surface area contributed by atoms with Crippen LogP contribution in [0, 0.1) is 0 Å². The summed E-state index contributed by atoms with van der Waals surface area (Å²) in [6.07, 6.45) is 2.25. The van der Waals surface area contributed by atoms with E-state index in [1.807, 2.05) is 43.5 Å². The smallest absolute Gasteiger partial charge is 0.272 e. The largest absolute Gasteiger partial charge is 0.379 e. The van der Waals surface area contributed by atoms with E-state index in [4.69, 9.17) is 4.84 Å². The van der Waals surface area contributed by atoms with Gasteiger partial charge in [0.25, 0.3) is 5.91 Å². The molecule has 0 saturated carbocycles. The van der Waals surface area contributed by atoms with Crippen molar-refractivity contribution in [3.8, 4) is 0 Å². The summed E-state index contributed by atoms with van der Waals surface area (Å²) in [5.41, 5.74) is 0.730. The average Bonchev–Trinajstić information content (AvgIpc) is 3.16. The van der Waals surface area contributed by atoms with Crippen molar-refractivity contribution in [3.05, 3.63) is 48.2 Å². The molecule has 1 amide bonds. The van der Waals surface area contributed by atoms with Gasteiger partial charge in [-0.05, 0) is 19.4 Å². The molecule has 1 aromatic heterocycles. The maximum absolute atomic E-state index is 12.5. The summed E-state index contributed by atoms with van der Waals surface area (Å²) in [7, 11) is 0. The maximum Gasteiger partial charge on any atom is 0.272 e. The number of oxime groups is 1. The van der Waals surface area contributed by atoms with Gasteiger partial charge >= 0.3 is 0 Å². The molecule has 22 heavy (non-hydrogen) atoms. The quantitative estimate of drug-likeness (QED) is 0.942. The van der Waals surface area contributed by atoms with Crippen molar-refractivity contribution in [2.24, 2.45) is 5.16 Å². The van der Waals surface area contributed by atoms with Gasteiger partial charge in [0.2, 0.25) is 5.60 Å². The number of anilines is 1. The van der Waals surface area contributed by atoms with Gasteiger partial charge < -0.3 is 10.2 Å². The third-order valence-corrected chi connectivity index (χ3v) is 3.66. The van der Waals surface area contributed by atoms with E-state index in [1.165, 1.54) is 0 Å². The molecule has 114 valence electrons. The lowest BCUT2D eigenvalue weighted by Crippen LogP contribution is -2.40. The highest BCUT2D eigenvalue weighted by atomic mass is 16.7. The van der Waals surface area contributed by atoms with Gasteiger partial charge in [-0.25, -0.2) is 0 Å². The summed E-state index contributed by atoms with van der Waals surface area (Å²) in [5, 5.41) is 11.1. The number of hydrogen-bond acceptors (Lipinski definition) is 4. The van der Waals surface area contributed by atoms with E-state index in [0.717, 1.165) is 17.8 Å². The lowest BCUT2D eigenvalue weighted by atomic mass is 9.95. The van der Waals surface area contributed by atoms with E-state index in [2.05, 4.69) is 15.6 Å². The number of aromatic nitrogens is 2. The van der Waals surface area contributed by atoms with Gasteiger partial charge in [0, 0.05) is 25.2 Å². The zero-order chi connectivity index (χ0) is 15.6. The molecule has 0 bridgehead atoms. The van der Waals surface area contributed by atoms with Crippen molar-refractivity contribution in [2.75, 3.05) is 5.32 Å². The van der Waals surface area contributed by atoms with Crippen molar-refractivity contribution in [1.29, 1.82) is 0 Å². The molecule has 0 spiro atoms. The van der Waals surface area contributed by atoms with Crippen LogP contribution in [0.1, 0.15) is 25.8 Å². The highest BCUT2D eigenvalue weighted by molar-refractivity contribution is 6.07. The van der Waals surface area contributed by atoms with E-state index >= 15 is 0 Å². The van der Waals surface area contributed by atoms with Crippen LogP contribution >= 0.6 is 0 Å². The molecule has 3 rings (SSSR count). The first kappa shape index (κ1) is 14.3. The minimum Gasteiger partial charge on any atom is -0.379 e. The minimum absolute atomic E-state index is 0.247. The van der Waals surface area contributed by atoms with Gasteiger partial charge in [0.15, 0.2) is 5.82 Å². The normalized spacial score (nSPS) is 20.4. The monoisotopic (exact) mass is 298 g/mol. The molecule has 2 aromatic rings. The predicted octanol–water partition coefficient (Wildman–Crippen LogP) is 2.42. The van der Waals surface area contributed by atoms with Crippen LogP contribution in [0.2, 0.25) is 0 Å². The van der Waals surface area contributed by atoms with Crippen molar-refractivity contribution >= 4 is 17.4 Å². The molecule has 2 heterocycles. The SMILES string of the molecule is CCn1ccc(NC(=O)[C@@]2(C)CC(c3ccccc3)=NO2)n1. The summed E-state index contributed by atoms with van der Waals surface area (Å²) in [6.45, 7) is 4.48. The van der Waals surface area contributed by atoms with Gasteiger partial charge in [0.1, 0.15) is 0 Å². The van der Waals surface area contributed by atoms with Gasteiger partial charge in [-0.1, -0.05) is 35.5 Å². The Balaban J connectivity index is 1.69. The fourth-order valence-corrected chi connectivity index (χ4v) is 2.30. The highest BCUT2D eigenvalue weighted by Crippen LogP contribution is 2.27. The Kier molecular flexibility index (Phi) is 3.66. The van der Waals surface area contributed by atoms with Crippen LogP contribution in [0.3, 0.4) is 0 Å². The molecule has 0 fully saturated rings. The Bertz CT molecular complexity index is 708. The fourth-order valence-electron chi connectivity index (χ4n) is 2.30. The molecular weight excluding hydrogens is 280 g/mol. The van der Waals surface area contributed by atoms with Crippen molar-refractivity contribution in [2.45, 2.75) is 32.4 Å². The topological polar surface area (TPSA) is 68.5 Å². The lowest BCUT2D eigenvalue weighted by Gasteiger charge is -2.19. The number of rotatable bonds is 4. The zero-order valence-corrected chi connectivity index (χ0v) is 12.6. The Morgan fingerprint density at radius 2 is 2.14 bits per heavy atom. The molecule has 1 atom stereocenters. The first-order valence-electron chi connectivity index (χ1n) is 7.26. The molecule has 0 aliphatic carbocycles.